The minimum absolute atomic E-state index is 0.230. The van der Waals surface area contributed by atoms with Gasteiger partial charge in [-0.2, -0.15) is 0 Å². The van der Waals surface area contributed by atoms with Crippen molar-refractivity contribution in [2.45, 2.75) is 26.7 Å². The third-order valence-electron chi connectivity index (χ3n) is 3.35. The van der Waals surface area contributed by atoms with Crippen LogP contribution in [0.5, 0.6) is 0 Å². The first-order valence-corrected chi connectivity index (χ1v) is 7.41. The zero-order valence-electron chi connectivity index (χ0n) is 11.3. The van der Waals surface area contributed by atoms with Crippen molar-refractivity contribution >= 4 is 33.1 Å². The topological polar surface area (TPSA) is 52.3 Å². The first kappa shape index (κ1) is 13.9. The van der Waals surface area contributed by atoms with Crippen LogP contribution in [0.3, 0.4) is 0 Å². The predicted molar refractivity (Wildman–Crippen MR) is 80.6 cm³/mol. The van der Waals surface area contributed by atoms with E-state index in [4.69, 9.17) is 10.5 Å². The van der Waals surface area contributed by atoms with Gasteiger partial charge in [-0.3, -0.25) is 0 Å². The van der Waals surface area contributed by atoms with Gasteiger partial charge in [-0.1, -0.05) is 26.7 Å². The lowest BCUT2D eigenvalue weighted by Crippen LogP contribution is -2.12. The number of carbonyl (C=O) groups is 1. The summed E-state index contributed by atoms with van der Waals surface area (Å²) < 4.78 is 6.43. The summed E-state index contributed by atoms with van der Waals surface area (Å²) in [6.07, 6.45) is 2.07. The highest BCUT2D eigenvalue weighted by Gasteiger charge is 2.13. The fourth-order valence-corrected chi connectivity index (χ4v) is 2.89. The number of rotatable bonds is 5. The van der Waals surface area contributed by atoms with Gasteiger partial charge in [0, 0.05) is 10.4 Å². The molecule has 102 valence electrons. The van der Waals surface area contributed by atoms with Gasteiger partial charge in [-0.25, -0.2) is 4.79 Å². The van der Waals surface area contributed by atoms with Crippen LogP contribution in [0.1, 0.15) is 36.4 Å². The summed E-state index contributed by atoms with van der Waals surface area (Å²) in [6, 6.07) is 7.51. The molecule has 3 nitrogen and oxygen atoms in total. The summed E-state index contributed by atoms with van der Waals surface area (Å²) in [5.74, 6) is 0.223. The maximum atomic E-state index is 12.0. The van der Waals surface area contributed by atoms with Crippen molar-refractivity contribution in [1.82, 2.24) is 0 Å². The number of thiophene rings is 1. The first-order valence-electron chi connectivity index (χ1n) is 6.60. The van der Waals surface area contributed by atoms with Crippen LogP contribution in [-0.4, -0.2) is 12.6 Å². The summed E-state index contributed by atoms with van der Waals surface area (Å²) in [5.41, 5.74) is 6.44. The lowest BCUT2D eigenvalue weighted by Gasteiger charge is -2.11. The molecule has 19 heavy (non-hydrogen) atoms. The molecule has 1 aromatic heterocycles. The maximum absolute atomic E-state index is 12.0. The Morgan fingerprint density at radius 1 is 1.32 bits per heavy atom. The molecule has 0 spiro atoms. The van der Waals surface area contributed by atoms with E-state index in [-0.39, 0.29) is 5.97 Å². The summed E-state index contributed by atoms with van der Waals surface area (Å²) >= 11 is 1.45. The molecular weight excluding hydrogens is 258 g/mol. The van der Waals surface area contributed by atoms with Gasteiger partial charge in [0.2, 0.25) is 0 Å². The van der Waals surface area contributed by atoms with E-state index in [0.717, 1.165) is 22.9 Å². The Morgan fingerprint density at radius 2 is 2.05 bits per heavy atom. The van der Waals surface area contributed by atoms with E-state index in [2.05, 4.69) is 13.8 Å². The number of hydrogen-bond acceptors (Lipinski definition) is 4. The number of nitrogen functional groups attached to an aromatic ring is 1. The van der Waals surface area contributed by atoms with E-state index in [1.165, 1.54) is 11.3 Å². The fourth-order valence-electron chi connectivity index (χ4n) is 1.95. The van der Waals surface area contributed by atoms with Crippen LogP contribution in [-0.2, 0) is 4.74 Å². The largest absolute Gasteiger partial charge is 0.461 e. The summed E-state index contributed by atoms with van der Waals surface area (Å²) in [5, 5.41) is 1.000. The Morgan fingerprint density at radius 3 is 2.74 bits per heavy atom. The molecule has 4 heteroatoms. The average molecular weight is 277 g/mol. The molecule has 0 bridgehead atoms. The molecule has 0 aliphatic rings. The van der Waals surface area contributed by atoms with E-state index < -0.39 is 0 Å². The molecule has 0 radical (unpaired) electrons. The molecule has 0 saturated heterocycles. The molecule has 0 aliphatic carbocycles. The van der Waals surface area contributed by atoms with Crippen molar-refractivity contribution in [3.63, 3.8) is 0 Å². The molecular formula is C15H19NO2S. The van der Waals surface area contributed by atoms with Crippen LogP contribution in [0.15, 0.2) is 24.3 Å². The van der Waals surface area contributed by atoms with Crippen LogP contribution in [0.2, 0.25) is 0 Å². The van der Waals surface area contributed by atoms with Crippen LogP contribution in [0, 0.1) is 5.92 Å². The highest BCUT2D eigenvalue weighted by molar-refractivity contribution is 7.20. The summed E-state index contributed by atoms with van der Waals surface area (Å²) in [7, 11) is 0. The number of benzene rings is 1. The van der Waals surface area contributed by atoms with Crippen molar-refractivity contribution < 1.29 is 9.53 Å². The molecule has 2 aromatic rings. The zero-order chi connectivity index (χ0) is 13.8. The molecule has 2 N–H and O–H groups in total. The molecule has 0 fully saturated rings. The van der Waals surface area contributed by atoms with Gasteiger partial charge in [0.15, 0.2) is 0 Å². The standard InChI is InChI=1S/C15H19NO2S/c1-3-10(4-2)9-18-15(17)14-8-11-7-12(16)5-6-13(11)19-14/h5-8,10H,3-4,9,16H2,1-2H3. The van der Waals surface area contributed by atoms with E-state index >= 15 is 0 Å². The van der Waals surface area contributed by atoms with E-state index in [9.17, 15) is 4.79 Å². The maximum Gasteiger partial charge on any atom is 0.348 e. The first-order chi connectivity index (χ1) is 9.13. The van der Waals surface area contributed by atoms with Gasteiger partial charge in [-0.05, 0) is 35.6 Å². The molecule has 0 unspecified atom stereocenters. The van der Waals surface area contributed by atoms with E-state index in [1.54, 1.807) is 0 Å². The smallest absolute Gasteiger partial charge is 0.348 e. The summed E-state index contributed by atoms with van der Waals surface area (Å²) in [6.45, 7) is 4.73. The van der Waals surface area contributed by atoms with Crippen molar-refractivity contribution in [2.75, 3.05) is 12.3 Å². The number of fused-ring (bicyclic) bond motifs is 1. The third-order valence-corrected chi connectivity index (χ3v) is 4.44. The second-order valence-corrected chi connectivity index (χ2v) is 5.77. The Balaban J connectivity index is 2.09. The van der Waals surface area contributed by atoms with Gasteiger partial charge in [0.25, 0.3) is 0 Å². The average Bonchev–Trinajstić information content (AvgIpc) is 2.82. The lowest BCUT2D eigenvalue weighted by atomic mass is 10.1. The number of esters is 1. The molecule has 0 atom stereocenters. The second-order valence-electron chi connectivity index (χ2n) is 4.69. The number of anilines is 1. The van der Waals surface area contributed by atoms with Crippen molar-refractivity contribution in [1.29, 1.82) is 0 Å². The Bertz CT molecular complexity index is 573. The van der Waals surface area contributed by atoms with Crippen LogP contribution >= 0.6 is 11.3 Å². The Labute approximate surface area is 117 Å². The van der Waals surface area contributed by atoms with Crippen LogP contribution in [0.4, 0.5) is 5.69 Å². The van der Waals surface area contributed by atoms with Gasteiger partial charge >= 0.3 is 5.97 Å². The third kappa shape index (κ3) is 3.26. The monoisotopic (exact) mass is 277 g/mol. The highest BCUT2D eigenvalue weighted by atomic mass is 32.1. The van der Waals surface area contributed by atoms with Crippen molar-refractivity contribution in [2.24, 2.45) is 5.92 Å². The lowest BCUT2D eigenvalue weighted by molar-refractivity contribution is 0.0439. The minimum atomic E-state index is -0.230. The SMILES string of the molecule is CCC(CC)COC(=O)c1cc2cc(N)ccc2s1. The van der Waals surface area contributed by atoms with Crippen molar-refractivity contribution in [3.05, 3.63) is 29.1 Å². The van der Waals surface area contributed by atoms with Crippen molar-refractivity contribution in [3.8, 4) is 0 Å². The normalized spacial score (nSPS) is 11.1. The van der Waals surface area contributed by atoms with Gasteiger partial charge < -0.3 is 10.5 Å². The van der Waals surface area contributed by atoms with Gasteiger partial charge in [0.1, 0.15) is 4.88 Å². The zero-order valence-corrected chi connectivity index (χ0v) is 12.1. The molecule has 2 rings (SSSR count). The number of ether oxygens (including phenoxy) is 1. The number of hydrogen-bond donors (Lipinski definition) is 1. The van der Waals surface area contributed by atoms with Crippen LogP contribution < -0.4 is 5.73 Å². The molecule has 1 heterocycles. The molecule has 0 amide bonds. The number of nitrogens with two attached hydrogens (primary N) is 1. The highest BCUT2D eigenvalue weighted by Crippen LogP contribution is 2.28. The summed E-state index contributed by atoms with van der Waals surface area (Å²) in [4.78, 5) is 12.6. The van der Waals surface area contributed by atoms with Gasteiger partial charge in [0.05, 0.1) is 6.61 Å². The number of carbonyl (C=O) groups excluding carboxylic acids is 1. The predicted octanol–water partition coefficient (Wildman–Crippen LogP) is 4.08. The Kier molecular flexibility index (Phi) is 4.43. The fraction of sp³-hybridized carbons (Fsp3) is 0.400. The molecule has 1 aromatic carbocycles. The second kappa shape index (κ2) is 6.06. The minimum Gasteiger partial charge on any atom is -0.461 e. The quantitative estimate of drug-likeness (QED) is 0.662. The molecule has 0 aliphatic heterocycles. The van der Waals surface area contributed by atoms with Gasteiger partial charge in [-0.15, -0.1) is 11.3 Å². The Hall–Kier alpha value is -1.55. The molecule has 0 saturated carbocycles. The van der Waals surface area contributed by atoms with E-state index in [1.807, 2.05) is 24.3 Å². The van der Waals surface area contributed by atoms with Crippen LogP contribution in [0.25, 0.3) is 10.1 Å². The van der Waals surface area contributed by atoms with E-state index in [0.29, 0.717) is 23.1 Å².